The number of hydrogen-bond acceptors (Lipinski definition) is 2. The number of amides is 1. The van der Waals surface area contributed by atoms with Crippen LogP contribution in [0.5, 0.6) is 0 Å². The average molecular weight is 379 g/mol. The zero-order chi connectivity index (χ0) is 19.4. The Bertz CT molecular complexity index is 944. The van der Waals surface area contributed by atoms with E-state index in [1.165, 1.54) is 0 Å². The molecule has 27 heavy (non-hydrogen) atoms. The summed E-state index contributed by atoms with van der Waals surface area (Å²) >= 11 is 6.13. The summed E-state index contributed by atoms with van der Waals surface area (Å²) in [6.07, 6.45) is 0. The predicted molar refractivity (Wildman–Crippen MR) is 114 cm³/mol. The van der Waals surface area contributed by atoms with Crippen LogP contribution in [0.15, 0.2) is 60.7 Å². The SMILES string of the molecule is Cc1ccc(NC(=O)c2cc(NCc3cc(C)cc(Cl)c3)ccc2C)cc1. The summed E-state index contributed by atoms with van der Waals surface area (Å²) in [5, 5.41) is 7.06. The number of rotatable bonds is 5. The molecule has 0 aromatic heterocycles. The standard InChI is InChI=1S/C23H23ClN2O/c1-15-4-7-20(8-5-15)26-23(27)22-13-21(9-6-17(22)3)25-14-18-10-16(2)11-19(24)12-18/h4-13,25H,14H2,1-3H3,(H,26,27). The number of aryl methyl sites for hydroxylation is 3. The van der Waals surface area contributed by atoms with Crippen molar-refractivity contribution in [2.45, 2.75) is 27.3 Å². The van der Waals surface area contributed by atoms with Gasteiger partial charge in [-0.05, 0) is 73.9 Å². The van der Waals surface area contributed by atoms with Crippen LogP contribution in [0.3, 0.4) is 0 Å². The van der Waals surface area contributed by atoms with Crippen molar-refractivity contribution in [1.29, 1.82) is 0 Å². The second kappa shape index (κ2) is 8.28. The summed E-state index contributed by atoms with van der Waals surface area (Å²) in [5.41, 5.74) is 6.66. The molecular formula is C23H23ClN2O. The van der Waals surface area contributed by atoms with Gasteiger partial charge in [-0.3, -0.25) is 4.79 Å². The first-order valence-corrected chi connectivity index (χ1v) is 9.27. The maximum absolute atomic E-state index is 12.7. The van der Waals surface area contributed by atoms with Gasteiger partial charge in [0.25, 0.3) is 5.91 Å². The molecule has 0 spiro atoms. The van der Waals surface area contributed by atoms with Crippen LogP contribution in [0.2, 0.25) is 5.02 Å². The molecule has 0 saturated carbocycles. The Morgan fingerprint density at radius 2 is 1.56 bits per heavy atom. The van der Waals surface area contributed by atoms with Crippen LogP contribution in [0.4, 0.5) is 11.4 Å². The van der Waals surface area contributed by atoms with Crippen LogP contribution in [0.25, 0.3) is 0 Å². The molecule has 0 heterocycles. The van der Waals surface area contributed by atoms with Crippen LogP contribution in [-0.4, -0.2) is 5.91 Å². The normalized spacial score (nSPS) is 10.5. The van der Waals surface area contributed by atoms with Gasteiger partial charge >= 0.3 is 0 Å². The molecule has 0 radical (unpaired) electrons. The molecule has 4 heteroatoms. The monoisotopic (exact) mass is 378 g/mol. The molecule has 0 aliphatic rings. The quantitative estimate of drug-likeness (QED) is 0.560. The number of anilines is 2. The van der Waals surface area contributed by atoms with Crippen molar-refractivity contribution < 1.29 is 4.79 Å². The highest BCUT2D eigenvalue weighted by Crippen LogP contribution is 2.20. The van der Waals surface area contributed by atoms with E-state index in [4.69, 9.17) is 11.6 Å². The minimum atomic E-state index is -0.112. The third-order valence-electron chi connectivity index (χ3n) is 4.39. The summed E-state index contributed by atoms with van der Waals surface area (Å²) in [7, 11) is 0. The zero-order valence-electron chi connectivity index (χ0n) is 15.8. The van der Waals surface area contributed by atoms with Crippen molar-refractivity contribution in [2.75, 3.05) is 10.6 Å². The number of hydrogen-bond donors (Lipinski definition) is 2. The molecule has 0 bridgehead atoms. The third-order valence-corrected chi connectivity index (χ3v) is 4.61. The second-order valence-corrected chi connectivity index (χ2v) is 7.28. The molecule has 3 aromatic rings. The Balaban J connectivity index is 1.73. The molecule has 2 N–H and O–H groups in total. The van der Waals surface area contributed by atoms with Gasteiger partial charge < -0.3 is 10.6 Å². The molecule has 3 aromatic carbocycles. The van der Waals surface area contributed by atoms with E-state index in [0.717, 1.165) is 38.7 Å². The van der Waals surface area contributed by atoms with E-state index >= 15 is 0 Å². The van der Waals surface area contributed by atoms with Gasteiger partial charge in [-0.2, -0.15) is 0 Å². The molecule has 3 nitrogen and oxygen atoms in total. The first kappa shape index (κ1) is 19.0. The molecule has 0 unspecified atom stereocenters. The van der Waals surface area contributed by atoms with E-state index in [9.17, 15) is 4.79 Å². The molecule has 3 rings (SSSR count). The highest BCUT2D eigenvalue weighted by Gasteiger charge is 2.10. The van der Waals surface area contributed by atoms with E-state index in [2.05, 4.69) is 16.7 Å². The summed E-state index contributed by atoms with van der Waals surface area (Å²) in [5.74, 6) is -0.112. The van der Waals surface area contributed by atoms with Crippen molar-refractivity contribution in [1.82, 2.24) is 0 Å². The summed E-state index contributed by atoms with van der Waals surface area (Å²) in [6.45, 7) is 6.62. The van der Waals surface area contributed by atoms with Gasteiger partial charge in [0.2, 0.25) is 0 Å². The third kappa shape index (κ3) is 5.11. The zero-order valence-corrected chi connectivity index (χ0v) is 16.5. The molecule has 0 atom stereocenters. The predicted octanol–water partition coefficient (Wildman–Crippen LogP) is 6.13. The Kier molecular flexibility index (Phi) is 5.82. The minimum absolute atomic E-state index is 0.112. The van der Waals surface area contributed by atoms with Crippen LogP contribution < -0.4 is 10.6 Å². The van der Waals surface area contributed by atoms with E-state index in [0.29, 0.717) is 12.1 Å². The van der Waals surface area contributed by atoms with E-state index in [1.54, 1.807) is 0 Å². The van der Waals surface area contributed by atoms with E-state index in [-0.39, 0.29) is 5.91 Å². The molecular weight excluding hydrogens is 356 g/mol. The Morgan fingerprint density at radius 1 is 0.852 bits per heavy atom. The number of halogens is 1. The highest BCUT2D eigenvalue weighted by atomic mass is 35.5. The highest BCUT2D eigenvalue weighted by molar-refractivity contribution is 6.30. The van der Waals surface area contributed by atoms with Crippen molar-refractivity contribution in [2.24, 2.45) is 0 Å². The number of carbonyl (C=O) groups excluding carboxylic acids is 1. The smallest absolute Gasteiger partial charge is 0.256 e. The van der Waals surface area contributed by atoms with Crippen molar-refractivity contribution in [3.63, 3.8) is 0 Å². The fraction of sp³-hybridized carbons (Fsp3) is 0.174. The topological polar surface area (TPSA) is 41.1 Å². The largest absolute Gasteiger partial charge is 0.381 e. The average Bonchev–Trinajstić information content (AvgIpc) is 2.62. The lowest BCUT2D eigenvalue weighted by Crippen LogP contribution is -2.14. The van der Waals surface area contributed by atoms with Crippen LogP contribution in [-0.2, 0) is 6.54 Å². The van der Waals surface area contributed by atoms with Crippen LogP contribution in [0, 0.1) is 20.8 Å². The molecule has 0 saturated heterocycles. The number of nitrogens with one attached hydrogen (secondary N) is 2. The van der Waals surface area contributed by atoms with Crippen LogP contribution >= 0.6 is 11.6 Å². The van der Waals surface area contributed by atoms with Gasteiger partial charge in [0.05, 0.1) is 0 Å². The Morgan fingerprint density at radius 3 is 2.26 bits per heavy atom. The maximum Gasteiger partial charge on any atom is 0.256 e. The van der Waals surface area contributed by atoms with Crippen molar-refractivity contribution in [3.8, 4) is 0 Å². The van der Waals surface area contributed by atoms with Crippen LogP contribution in [0.1, 0.15) is 32.6 Å². The maximum atomic E-state index is 12.7. The van der Waals surface area contributed by atoms with E-state index < -0.39 is 0 Å². The first-order chi connectivity index (χ1) is 12.9. The number of benzene rings is 3. The van der Waals surface area contributed by atoms with Gasteiger partial charge in [0.1, 0.15) is 0 Å². The van der Waals surface area contributed by atoms with Gasteiger partial charge in [-0.1, -0.05) is 41.4 Å². The molecule has 138 valence electrons. The lowest BCUT2D eigenvalue weighted by Gasteiger charge is -2.12. The Hall–Kier alpha value is -2.78. The van der Waals surface area contributed by atoms with Gasteiger partial charge in [-0.15, -0.1) is 0 Å². The van der Waals surface area contributed by atoms with Crippen molar-refractivity contribution >= 4 is 28.9 Å². The van der Waals surface area contributed by atoms with Gasteiger partial charge in [0.15, 0.2) is 0 Å². The molecule has 0 aliphatic carbocycles. The number of carbonyl (C=O) groups is 1. The summed E-state index contributed by atoms with van der Waals surface area (Å²) < 4.78 is 0. The summed E-state index contributed by atoms with van der Waals surface area (Å²) in [6, 6.07) is 19.6. The molecule has 1 amide bonds. The fourth-order valence-corrected chi connectivity index (χ4v) is 3.24. The lowest BCUT2D eigenvalue weighted by atomic mass is 10.1. The van der Waals surface area contributed by atoms with Gasteiger partial charge in [0, 0.05) is 28.5 Å². The first-order valence-electron chi connectivity index (χ1n) is 8.89. The van der Waals surface area contributed by atoms with Crippen molar-refractivity contribution in [3.05, 3.63) is 93.5 Å². The van der Waals surface area contributed by atoms with E-state index in [1.807, 2.05) is 75.4 Å². The minimum Gasteiger partial charge on any atom is -0.381 e. The fourth-order valence-electron chi connectivity index (χ4n) is 2.93. The molecule has 0 aliphatic heterocycles. The second-order valence-electron chi connectivity index (χ2n) is 6.84. The summed E-state index contributed by atoms with van der Waals surface area (Å²) in [4.78, 5) is 12.7. The molecule has 0 fully saturated rings. The lowest BCUT2D eigenvalue weighted by molar-refractivity contribution is 0.102. The Labute approximate surface area is 165 Å². The van der Waals surface area contributed by atoms with Gasteiger partial charge in [-0.25, -0.2) is 0 Å².